The van der Waals surface area contributed by atoms with Gasteiger partial charge >= 0.3 is 0 Å². The smallest absolute Gasteiger partial charge is 0.0843 e. The largest absolute Gasteiger partial charge is 0.378 e. The van der Waals surface area contributed by atoms with Gasteiger partial charge in [0.15, 0.2) is 0 Å². The van der Waals surface area contributed by atoms with Gasteiger partial charge in [-0.3, -0.25) is 0 Å². The van der Waals surface area contributed by atoms with Crippen molar-refractivity contribution in [3.8, 4) is 0 Å². The molecule has 2 heterocycles. The molecule has 0 amide bonds. The van der Waals surface area contributed by atoms with Crippen molar-refractivity contribution in [2.24, 2.45) is 0 Å². The van der Waals surface area contributed by atoms with E-state index in [4.69, 9.17) is 16.3 Å². The second-order valence-corrected chi connectivity index (χ2v) is 7.73. The van der Waals surface area contributed by atoms with Gasteiger partial charge in [-0.2, -0.15) is 0 Å². The van der Waals surface area contributed by atoms with Gasteiger partial charge in [0.1, 0.15) is 0 Å². The summed E-state index contributed by atoms with van der Waals surface area (Å²) in [5.74, 6) is 0. The molecule has 1 saturated heterocycles. The highest BCUT2D eigenvalue weighted by atomic mass is 79.9. The van der Waals surface area contributed by atoms with Gasteiger partial charge in [0.2, 0.25) is 0 Å². The molecule has 2 rings (SSSR count). The number of alkyl halides is 1. The Labute approximate surface area is 122 Å². The Bertz CT molecular complexity index is 330. The predicted molar refractivity (Wildman–Crippen MR) is 76.5 cm³/mol. The minimum absolute atomic E-state index is 0.108. The Kier molecular flexibility index (Phi) is 5.16. The summed E-state index contributed by atoms with van der Waals surface area (Å²) in [7, 11) is 0. The lowest BCUT2D eigenvalue weighted by atomic mass is 10.1. The maximum atomic E-state index is 6.38. The summed E-state index contributed by atoms with van der Waals surface area (Å²) in [5.41, 5.74) is 0. The summed E-state index contributed by atoms with van der Waals surface area (Å²) in [6, 6.07) is 2.10. The maximum Gasteiger partial charge on any atom is 0.0843 e. The average Bonchev–Trinajstić information content (AvgIpc) is 2.86. The van der Waals surface area contributed by atoms with Crippen molar-refractivity contribution in [1.82, 2.24) is 0 Å². The third-order valence-electron chi connectivity index (χ3n) is 2.74. The van der Waals surface area contributed by atoms with Crippen LogP contribution in [0.2, 0.25) is 0 Å². The molecule has 0 aliphatic carbocycles. The Morgan fingerprint density at radius 3 is 2.94 bits per heavy atom. The fraction of sp³-hybridized carbons (Fsp3) is 0.636. The molecule has 2 unspecified atom stereocenters. The summed E-state index contributed by atoms with van der Waals surface area (Å²) in [6.45, 7) is 0.924. The van der Waals surface area contributed by atoms with Crippen LogP contribution in [0.3, 0.4) is 0 Å². The zero-order chi connectivity index (χ0) is 11.5. The van der Waals surface area contributed by atoms with Gasteiger partial charge in [-0.15, -0.1) is 22.9 Å². The molecule has 0 aromatic carbocycles. The Hall–Kier alpha value is 0.910. The molecular weight excluding hydrogens is 375 g/mol. The van der Waals surface area contributed by atoms with E-state index in [-0.39, 0.29) is 5.38 Å². The van der Waals surface area contributed by atoms with Gasteiger partial charge in [-0.25, -0.2) is 0 Å². The van der Waals surface area contributed by atoms with E-state index in [0.717, 1.165) is 27.7 Å². The van der Waals surface area contributed by atoms with Crippen LogP contribution < -0.4 is 0 Å². The first-order chi connectivity index (χ1) is 7.66. The van der Waals surface area contributed by atoms with Crippen LogP contribution in [-0.2, 0) is 4.74 Å². The van der Waals surface area contributed by atoms with Gasteiger partial charge < -0.3 is 4.74 Å². The molecular formula is C11H13Br2ClOS. The lowest BCUT2D eigenvalue weighted by Crippen LogP contribution is -2.05. The Morgan fingerprint density at radius 1 is 1.56 bits per heavy atom. The van der Waals surface area contributed by atoms with Crippen molar-refractivity contribution in [2.75, 3.05) is 6.61 Å². The molecule has 1 aliphatic heterocycles. The first kappa shape index (κ1) is 13.3. The van der Waals surface area contributed by atoms with E-state index < -0.39 is 0 Å². The van der Waals surface area contributed by atoms with Crippen molar-refractivity contribution < 1.29 is 4.74 Å². The van der Waals surface area contributed by atoms with Crippen molar-refractivity contribution in [3.63, 3.8) is 0 Å². The first-order valence-corrected chi connectivity index (χ1v) is 8.21. The molecule has 1 aromatic heterocycles. The van der Waals surface area contributed by atoms with Crippen LogP contribution in [0.1, 0.15) is 35.9 Å². The van der Waals surface area contributed by atoms with Gasteiger partial charge in [0.05, 0.1) is 15.3 Å². The highest BCUT2D eigenvalue weighted by molar-refractivity contribution is 9.13. The van der Waals surface area contributed by atoms with Crippen LogP contribution in [-0.4, -0.2) is 12.7 Å². The predicted octanol–water partition coefficient (Wildman–Crippen LogP) is 5.51. The van der Waals surface area contributed by atoms with Crippen LogP contribution >= 0.6 is 54.8 Å². The minimum Gasteiger partial charge on any atom is -0.378 e. The number of hydrogen-bond acceptors (Lipinski definition) is 2. The molecule has 90 valence electrons. The second kappa shape index (κ2) is 6.19. The van der Waals surface area contributed by atoms with E-state index in [1.54, 1.807) is 11.3 Å². The van der Waals surface area contributed by atoms with E-state index >= 15 is 0 Å². The fourth-order valence-electron chi connectivity index (χ4n) is 1.86. The lowest BCUT2D eigenvalue weighted by molar-refractivity contribution is 0.102. The quantitative estimate of drug-likeness (QED) is 0.618. The second-order valence-electron chi connectivity index (χ2n) is 3.95. The molecule has 2 atom stereocenters. The van der Waals surface area contributed by atoms with Gasteiger partial charge in [-0.1, -0.05) is 0 Å². The number of thiophene rings is 1. The van der Waals surface area contributed by atoms with Crippen LogP contribution in [0.4, 0.5) is 0 Å². The van der Waals surface area contributed by atoms with Crippen molar-refractivity contribution in [2.45, 2.75) is 37.2 Å². The van der Waals surface area contributed by atoms with E-state index in [2.05, 4.69) is 37.9 Å². The standard InChI is InChI=1S/C11H13Br2ClOS/c12-8-6-10(16-11(8)13)9(14)4-3-7-2-1-5-15-7/h6-7,9H,1-5H2. The molecule has 1 fully saturated rings. The fourth-order valence-corrected chi connectivity index (χ4v) is 4.29. The molecule has 1 aromatic rings. The molecule has 1 aliphatic rings. The third-order valence-corrected chi connectivity index (χ3v) is 6.69. The lowest BCUT2D eigenvalue weighted by Gasteiger charge is -2.11. The zero-order valence-corrected chi connectivity index (χ0v) is 13.5. The Balaban J connectivity index is 1.84. The first-order valence-electron chi connectivity index (χ1n) is 5.37. The monoisotopic (exact) mass is 386 g/mol. The highest BCUT2D eigenvalue weighted by Crippen LogP contribution is 2.39. The summed E-state index contributed by atoms with van der Waals surface area (Å²) in [5, 5.41) is 0.108. The minimum atomic E-state index is 0.108. The molecule has 0 saturated carbocycles. The van der Waals surface area contributed by atoms with Crippen LogP contribution in [0.15, 0.2) is 14.3 Å². The van der Waals surface area contributed by atoms with Crippen LogP contribution in [0.25, 0.3) is 0 Å². The van der Waals surface area contributed by atoms with E-state index in [1.807, 2.05) is 0 Å². The number of rotatable bonds is 4. The zero-order valence-electron chi connectivity index (χ0n) is 8.72. The number of halogens is 3. The summed E-state index contributed by atoms with van der Waals surface area (Å²) < 4.78 is 7.80. The number of ether oxygens (including phenoxy) is 1. The maximum absolute atomic E-state index is 6.38. The molecule has 5 heteroatoms. The third kappa shape index (κ3) is 3.45. The topological polar surface area (TPSA) is 9.23 Å². The van der Waals surface area contributed by atoms with Crippen molar-refractivity contribution in [3.05, 3.63) is 19.2 Å². The highest BCUT2D eigenvalue weighted by Gasteiger charge is 2.19. The SMILES string of the molecule is ClC(CCC1CCCO1)c1cc(Br)c(Br)s1. The molecule has 16 heavy (non-hydrogen) atoms. The van der Waals surface area contributed by atoms with Crippen LogP contribution in [0, 0.1) is 0 Å². The van der Waals surface area contributed by atoms with E-state index in [1.165, 1.54) is 17.7 Å². The Morgan fingerprint density at radius 2 is 2.38 bits per heavy atom. The van der Waals surface area contributed by atoms with E-state index in [9.17, 15) is 0 Å². The average molecular weight is 389 g/mol. The molecule has 0 bridgehead atoms. The van der Waals surface area contributed by atoms with E-state index in [0.29, 0.717) is 6.10 Å². The molecule has 1 nitrogen and oxygen atoms in total. The summed E-state index contributed by atoms with van der Waals surface area (Å²) >= 11 is 15.1. The summed E-state index contributed by atoms with van der Waals surface area (Å²) in [4.78, 5) is 1.22. The normalized spacial score (nSPS) is 22.6. The van der Waals surface area contributed by atoms with Crippen molar-refractivity contribution >= 4 is 54.8 Å². The van der Waals surface area contributed by atoms with Gasteiger partial charge in [0.25, 0.3) is 0 Å². The molecule has 0 N–H and O–H groups in total. The molecule has 0 spiro atoms. The van der Waals surface area contributed by atoms with Crippen molar-refractivity contribution in [1.29, 1.82) is 0 Å². The molecule has 0 radical (unpaired) electrons. The van der Waals surface area contributed by atoms with Crippen LogP contribution in [0.5, 0.6) is 0 Å². The number of hydrogen-bond donors (Lipinski definition) is 0. The summed E-state index contributed by atoms with van der Waals surface area (Å²) in [6.07, 6.45) is 4.90. The van der Waals surface area contributed by atoms with Gasteiger partial charge in [-0.05, 0) is 63.6 Å². The van der Waals surface area contributed by atoms with Gasteiger partial charge in [0, 0.05) is 16.0 Å².